The summed E-state index contributed by atoms with van der Waals surface area (Å²) in [4.78, 5) is 13.3. The maximum Gasteiger partial charge on any atom is 0.228 e. The first-order valence-corrected chi connectivity index (χ1v) is 6.16. The van der Waals surface area contributed by atoms with Gasteiger partial charge in [0.2, 0.25) is 5.91 Å². The lowest BCUT2D eigenvalue weighted by atomic mass is 10.1. The molecule has 2 rings (SSSR count). The quantitative estimate of drug-likeness (QED) is 0.846. The van der Waals surface area contributed by atoms with Gasteiger partial charge in [-0.25, -0.2) is 0 Å². The number of benzene rings is 1. The standard InChI is InChI=1S/C14H20N2O2/c1-14(2,18)9-16(3)8-10-4-5-12-11(6-10)7-13(17)15-12/h4-6,18H,7-9H2,1-3H3,(H,15,17). The normalized spacial score (nSPS) is 14.8. The molecule has 0 fully saturated rings. The SMILES string of the molecule is CN(Cc1ccc2c(c1)CC(=O)N2)CC(C)(C)O. The van der Waals surface area contributed by atoms with E-state index in [1.165, 1.54) is 0 Å². The Labute approximate surface area is 108 Å². The third kappa shape index (κ3) is 3.31. The van der Waals surface area contributed by atoms with E-state index in [1.807, 2.05) is 19.2 Å². The number of nitrogens with zero attached hydrogens (tertiary/aromatic N) is 1. The zero-order valence-corrected chi connectivity index (χ0v) is 11.2. The molecule has 0 bridgehead atoms. The van der Waals surface area contributed by atoms with Crippen molar-refractivity contribution >= 4 is 11.6 Å². The maximum absolute atomic E-state index is 11.3. The van der Waals surface area contributed by atoms with E-state index in [2.05, 4.69) is 16.3 Å². The Hall–Kier alpha value is -1.39. The van der Waals surface area contributed by atoms with Crippen molar-refractivity contribution in [2.24, 2.45) is 0 Å². The molecule has 2 N–H and O–H groups in total. The van der Waals surface area contributed by atoms with Gasteiger partial charge in [-0.15, -0.1) is 0 Å². The van der Waals surface area contributed by atoms with Crippen molar-refractivity contribution in [1.82, 2.24) is 4.90 Å². The lowest BCUT2D eigenvalue weighted by molar-refractivity contribution is -0.115. The predicted octanol–water partition coefficient (Wildman–Crippen LogP) is 1.38. The van der Waals surface area contributed by atoms with Crippen LogP contribution in [0.5, 0.6) is 0 Å². The summed E-state index contributed by atoms with van der Waals surface area (Å²) in [6, 6.07) is 6.03. The number of fused-ring (bicyclic) bond motifs is 1. The van der Waals surface area contributed by atoms with Crippen LogP contribution in [0.25, 0.3) is 0 Å². The second-order valence-corrected chi connectivity index (χ2v) is 5.70. The third-order valence-electron chi connectivity index (χ3n) is 2.90. The van der Waals surface area contributed by atoms with Gasteiger partial charge < -0.3 is 10.4 Å². The molecule has 0 saturated heterocycles. The number of amides is 1. The van der Waals surface area contributed by atoms with Gasteiger partial charge in [0.1, 0.15) is 0 Å². The highest BCUT2D eigenvalue weighted by molar-refractivity contribution is 5.99. The first-order valence-electron chi connectivity index (χ1n) is 6.16. The van der Waals surface area contributed by atoms with E-state index in [4.69, 9.17) is 0 Å². The Kier molecular flexibility index (Phi) is 3.41. The number of rotatable bonds is 4. The molecule has 4 nitrogen and oxygen atoms in total. The van der Waals surface area contributed by atoms with Gasteiger partial charge in [0.05, 0.1) is 12.0 Å². The maximum atomic E-state index is 11.3. The van der Waals surface area contributed by atoms with Crippen LogP contribution in [0.2, 0.25) is 0 Å². The first-order chi connectivity index (χ1) is 8.33. The van der Waals surface area contributed by atoms with Crippen LogP contribution in [-0.2, 0) is 17.8 Å². The molecule has 1 amide bonds. The predicted molar refractivity (Wildman–Crippen MR) is 71.4 cm³/mol. The first kappa shape index (κ1) is 13.1. The van der Waals surface area contributed by atoms with Gasteiger partial charge >= 0.3 is 0 Å². The molecule has 0 unspecified atom stereocenters. The Morgan fingerprint density at radius 1 is 1.44 bits per heavy atom. The number of aliphatic hydroxyl groups is 1. The smallest absolute Gasteiger partial charge is 0.228 e. The summed E-state index contributed by atoms with van der Waals surface area (Å²) in [7, 11) is 1.98. The minimum atomic E-state index is -0.691. The number of nitrogens with one attached hydrogen (secondary N) is 1. The minimum absolute atomic E-state index is 0.0620. The summed E-state index contributed by atoms with van der Waals surface area (Å²) in [6.07, 6.45) is 0.471. The van der Waals surface area contributed by atoms with Gasteiger partial charge in [-0.05, 0) is 38.1 Å². The molecule has 0 saturated carbocycles. The molecule has 1 aromatic carbocycles. The largest absolute Gasteiger partial charge is 0.389 e. The molecule has 4 heteroatoms. The molecular formula is C14H20N2O2. The van der Waals surface area contributed by atoms with E-state index in [-0.39, 0.29) is 5.91 Å². The number of carbonyl (C=O) groups excluding carboxylic acids is 1. The zero-order chi connectivity index (χ0) is 13.3. The van der Waals surface area contributed by atoms with Gasteiger partial charge in [-0.3, -0.25) is 9.69 Å². The van der Waals surface area contributed by atoms with Gasteiger partial charge in [0, 0.05) is 18.8 Å². The molecule has 1 aromatic rings. The molecule has 18 heavy (non-hydrogen) atoms. The Balaban J connectivity index is 2.03. The summed E-state index contributed by atoms with van der Waals surface area (Å²) in [5.41, 5.74) is 2.46. The lowest BCUT2D eigenvalue weighted by Crippen LogP contribution is -2.35. The average molecular weight is 248 g/mol. The van der Waals surface area contributed by atoms with Crippen LogP contribution < -0.4 is 5.32 Å². The van der Waals surface area contributed by atoms with E-state index < -0.39 is 5.60 Å². The Morgan fingerprint density at radius 3 is 2.83 bits per heavy atom. The molecule has 0 aliphatic carbocycles. The Morgan fingerprint density at radius 2 is 2.17 bits per heavy atom. The number of anilines is 1. The number of hydrogen-bond donors (Lipinski definition) is 2. The van der Waals surface area contributed by atoms with Crippen LogP contribution in [0.4, 0.5) is 5.69 Å². The summed E-state index contributed by atoms with van der Waals surface area (Å²) in [6.45, 7) is 4.98. The number of hydrogen-bond acceptors (Lipinski definition) is 3. The summed E-state index contributed by atoms with van der Waals surface area (Å²) < 4.78 is 0. The van der Waals surface area contributed by atoms with Crippen molar-refractivity contribution in [2.75, 3.05) is 18.9 Å². The van der Waals surface area contributed by atoms with Crippen molar-refractivity contribution in [3.63, 3.8) is 0 Å². The van der Waals surface area contributed by atoms with Gasteiger partial charge in [0.25, 0.3) is 0 Å². The fourth-order valence-corrected chi connectivity index (χ4v) is 2.41. The fourth-order valence-electron chi connectivity index (χ4n) is 2.41. The van der Waals surface area contributed by atoms with E-state index in [9.17, 15) is 9.90 Å². The number of likely N-dealkylation sites (N-methyl/N-ethyl adjacent to an activating group) is 1. The molecular weight excluding hydrogens is 228 g/mol. The van der Waals surface area contributed by atoms with Crippen LogP contribution in [-0.4, -0.2) is 35.1 Å². The van der Waals surface area contributed by atoms with Crippen LogP contribution in [0.15, 0.2) is 18.2 Å². The van der Waals surface area contributed by atoms with Crippen LogP contribution in [0.3, 0.4) is 0 Å². The van der Waals surface area contributed by atoms with Crippen molar-refractivity contribution in [3.8, 4) is 0 Å². The van der Waals surface area contributed by atoms with Crippen LogP contribution in [0, 0.1) is 0 Å². The highest BCUT2D eigenvalue weighted by Gasteiger charge is 2.19. The van der Waals surface area contributed by atoms with Crippen molar-refractivity contribution in [2.45, 2.75) is 32.4 Å². The topological polar surface area (TPSA) is 52.6 Å². The highest BCUT2D eigenvalue weighted by atomic mass is 16.3. The molecule has 0 aromatic heterocycles. The van der Waals surface area contributed by atoms with Crippen LogP contribution >= 0.6 is 0 Å². The molecule has 1 aliphatic heterocycles. The average Bonchev–Trinajstić information content (AvgIpc) is 2.53. The second-order valence-electron chi connectivity index (χ2n) is 5.70. The molecule has 0 atom stereocenters. The van der Waals surface area contributed by atoms with Crippen molar-refractivity contribution in [3.05, 3.63) is 29.3 Å². The third-order valence-corrected chi connectivity index (χ3v) is 2.90. The molecule has 0 radical (unpaired) electrons. The van der Waals surface area contributed by atoms with E-state index in [0.717, 1.165) is 23.4 Å². The Bertz CT molecular complexity index is 463. The summed E-state index contributed by atoms with van der Waals surface area (Å²) in [5.74, 6) is 0.0620. The number of carbonyl (C=O) groups is 1. The van der Waals surface area contributed by atoms with Crippen LogP contribution in [0.1, 0.15) is 25.0 Å². The summed E-state index contributed by atoms with van der Waals surface area (Å²) >= 11 is 0. The zero-order valence-electron chi connectivity index (χ0n) is 11.2. The van der Waals surface area contributed by atoms with Crippen molar-refractivity contribution in [1.29, 1.82) is 0 Å². The molecule has 1 aliphatic rings. The lowest BCUT2D eigenvalue weighted by Gasteiger charge is -2.25. The highest BCUT2D eigenvalue weighted by Crippen LogP contribution is 2.24. The van der Waals surface area contributed by atoms with Gasteiger partial charge in [-0.1, -0.05) is 12.1 Å². The second kappa shape index (κ2) is 4.71. The monoisotopic (exact) mass is 248 g/mol. The van der Waals surface area contributed by atoms with Crippen molar-refractivity contribution < 1.29 is 9.90 Å². The molecule has 1 heterocycles. The van der Waals surface area contributed by atoms with Gasteiger partial charge in [-0.2, -0.15) is 0 Å². The van der Waals surface area contributed by atoms with E-state index >= 15 is 0 Å². The molecule has 98 valence electrons. The minimum Gasteiger partial charge on any atom is -0.389 e. The molecule has 0 spiro atoms. The van der Waals surface area contributed by atoms with Gasteiger partial charge in [0.15, 0.2) is 0 Å². The van der Waals surface area contributed by atoms with E-state index in [0.29, 0.717) is 13.0 Å². The van der Waals surface area contributed by atoms with E-state index in [1.54, 1.807) is 13.8 Å². The summed E-state index contributed by atoms with van der Waals surface area (Å²) in [5, 5.41) is 12.6. The fraction of sp³-hybridized carbons (Fsp3) is 0.500.